The van der Waals surface area contributed by atoms with Gasteiger partial charge in [0.2, 0.25) is 5.91 Å². The molecule has 0 radical (unpaired) electrons. The summed E-state index contributed by atoms with van der Waals surface area (Å²) in [6.07, 6.45) is 4.58. The molecule has 1 amide bonds. The van der Waals surface area contributed by atoms with Crippen molar-refractivity contribution in [1.82, 2.24) is 9.88 Å². The highest BCUT2D eigenvalue weighted by Crippen LogP contribution is 2.28. The molecule has 0 bridgehead atoms. The number of hydrogen-bond donors (Lipinski definition) is 1. The van der Waals surface area contributed by atoms with Gasteiger partial charge in [0, 0.05) is 24.2 Å². The van der Waals surface area contributed by atoms with E-state index >= 15 is 0 Å². The Morgan fingerprint density at radius 3 is 3.08 bits per heavy atom. The average molecular weight is 345 g/mol. The molecule has 1 fully saturated rings. The third kappa shape index (κ3) is 4.11. The minimum Gasteiger partial charge on any atom is -0.465 e. The molecule has 3 rings (SSSR count). The van der Waals surface area contributed by atoms with E-state index in [1.807, 2.05) is 6.92 Å². The Morgan fingerprint density at radius 2 is 2.28 bits per heavy atom. The highest BCUT2D eigenvalue weighted by molar-refractivity contribution is 5.85. The second-order valence-electron chi connectivity index (χ2n) is 6.93. The third-order valence-electron chi connectivity index (χ3n) is 5.10. The van der Waals surface area contributed by atoms with Crippen LogP contribution in [0.25, 0.3) is 0 Å². The highest BCUT2D eigenvalue weighted by atomic mass is 16.5. The summed E-state index contributed by atoms with van der Waals surface area (Å²) in [5.41, 5.74) is 2.30. The molecule has 0 unspecified atom stereocenters. The predicted molar refractivity (Wildman–Crippen MR) is 95.3 cm³/mol. The lowest BCUT2D eigenvalue weighted by Crippen LogP contribution is -2.37. The van der Waals surface area contributed by atoms with E-state index in [0.717, 1.165) is 50.2 Å². The Morgan fingerprint density at radius 1 is 1.44 bits per heavy atom. The van der Waals surface area contributed by atoms with Crippen molar-refractivity contribution in [2.75, 3.05) is 25.0 Å². The van der Waals surface area contributed by atoms with Crippen molar-refractivity contribution in [2.24, 2.45) is 5.92 Å². The number of fused-ring (bicyclic) bond motifs is 1. The summed E-state index contributed by atoms with van der Waals surface area (Å²) in [4.78, 5) is 30.6. The summed E-state index contributed by atoms with van der Waals surface area (Å²) in [6, 6.07) is 4.31. The first-order chi connectivity index (χ1) is 12.1. The van der Waals surface area contributed by atoms with Crippen molar-refractivity contribution in [1.29, 1.82) is 0 Å². The average Bonchev–Trinajstić information content (AvgIpc) is 2.87. The van der Waals surface area contributed by atoms with Crippen LogP contribution in [0.3, 0.4) is 0 Å². The van der Waals surface area contributed by atoms with Gasteiger partial charge in [0.15, 0.2) is 0 Å². The standard InChI is InChI=1S/C19H27N3O3/c1-3-25-17(23)12-22-13(2)11-15(19(22)24)7-9-16-8-6-14-5-4-10-20-18(14)21-16/h6,8,13,15H,3-5,7,9-12H2,1-2H3,(H,20,21)/t13-,15+/m1/s1. The maximum absolute atomic E-state index is 12.6. The zero-order chi connectivity index (χ0) is 17.8. The van der Waals surface area contributed by atoms with Crippen LogP contribution in [-0.2, 0) is 27.2 Å². The summed E-state index contributed by atoms with van der Waals surface area (Å²) in [7, 11) is 0. The highest BCUT2D eigenvalue weighted by Gasteiger charge is 2.37. The number of carbonyl (C=O) groups excluding carboxylic acids is 2. The minimum absolute atomic E-state index is 0.0322. The van der Waals surface area contributed by atoms with Gasteiger partial charge in [-0.25, -0.2) is 4.98 Å². The first-order valence-electron chi connectivity index (χ1n) is 9.27. The second kappa shape index (κ2) is 7.85. The van der Waals surface area contributed by atoms with Crippen LogP contribution in [0.4, 0.5) is 5.82 Å². The van der Waals surface area contributed by atoms with Crippen LogP contribution >= 0.6 is 0 Å². The van der Waals surface area contributed by atoms with Crippen LogP contribution in [0.15, 0.2) is 12.1 Å². The molecule has 6 heteroatoms. The van der Waals surface area contributed by atoms with Crippen LogP contribution < -0.4 is 5.32 Å². The van der Waals surface area contributed by atoms with E-state index in [-0.39, 0.29) is 30.4 Å². The van der Waals surface area contributed by atoms with E-state index < -0.39 is 0 Å². The molecule has 0 saturated carbocycles. The number of anilines is 1. The molecule has 2 atom stereocenters. The van der Waals surface area contributed by atoms with Gasteiger partial charge in [-0.2, -0.15) is 0 Å². The summed E-state index contributed by atoms with van der Waals surface area (Å²) < 4.78 is 4.97. The summed E-state index contributed by atoms with van der Waals surface area (Å²) in [6.45, 7) is 5.15. The molecule has 1 aromatic heterocycles. The quantitative estimate of drug-likeness (QED) is 0.800. The fraction of sp³-hybridized carbons (Fsp3) is 0.632. The molecule has 0 aromatic carbocycles. The molecule has 2 aliphatic rings. The lowest BCUT2D eigenvalue weighted by Gasteiger charge is -2.20. The largest absolute Gasteiger partial charge is 0.465 e. The number of aryl methyl sites for hydroxylation is 2. The van der Waals surface area contributed by atoms with Gasteiger partial charge in [0.05, 0.1) is 6.61 Å². The van der Waals surface area contributed by atoms with E-state index in [4.69, 9.17) is 9.72 Å². The van der Waals surface area contributed by atoms with Crippen molar-refractivity contribution in [2.45, 2.75) is 52.0 Å². The number of ether oxygens (including phenoxy) is 1. The van der Waals surface area contributed by atoms with E-state index in [1.165, 1.54) is 5.56 Å². The van der Waals surface area contributed by atoms with E-state index in [1.54, 1.807) is 11.8 Å². The van der Waals surface area contributed by atoms with Gasteiger partial charge in [-0.3, -0.25) is 9.59 Å². The smallest absolute Gasteiger partial charge is 0.325 e. The first-order valence-corrected chi connectivity index (χ1v) is 9.27. The molecule has 1 saturated heterocycles. The van der Waals surface area contributed by atoms with Crippen molar-refractivity contribution in [3.05, 3.63) is 23.4 Å². The Labute approximate surface area is 148 Å². The molecular formula is C19H27N3O3. The van der Waals surface area contributed by atoms with Gasteiger partial charge < -0.3 is 15.0 Å². The number of esters is 1. The number of hydrogen-bond acceptors (Lipinski definition) is 5. The number of carbonyl (C=O) groups is 2. The number of nitrogens with zero attached hydrogens (tertiary/aromatic N) is 2. The Balaban J connectivity index is 1.56. The number of pyridine rings is 1. The molecule has 136 valence electrons. The molecule has 1 aromatic rings. The molecule has 1 N–H and O–H groups in total. The van der Waals surface area contributed by atoms with Crippen LogP contribution in [0.5, 0.6) is 0 Å². The monoisotopic (exact) mass is 345 g/mol. The fourth-order valence-corrected chi connectivity index (χ4v) is 3.74. The third-order valence-corrected chi connectivity index (χ3v) is 5.10. The Hall–Kier alpha value is -2.11. The minimum atomic E-state index is -0.328. The zero-order valence-corrected chi connectivity index (χ0v) is 15.1. The predicted octanol–water partition coefficient (Wildman–Crippen LogP) is 2.17. The summed E-state index contributed by atoms with van der Waals surface area (Å²) in [5.74, 6) is 0.705. The lowest BCUT2D eigenvalue weighted by atomic mass is 9.98. The Bertz CT molecular complexity index is 647. The molecule has 6 nitrogen and oxygen atoms in total. The van der Waals surface area contributed by atoms with Crippen LogP contribution in [0.1, 0.15) is 44.4 Å². The molecule has 0 aliphatic carbocycles. The second-order valence-corrected chi connectivity index (χ2v) is 6.93. The maximum Gasteiger partial charge on any atom is 0.325 e. The van der Waals surface area contributed by atoms with Crippen LogP contribution in [0, 0.1) is 5.92 Å². The topological polar surface area (TPSA) is 71.5 Å². The summed E-state index contributed by atoms with van der Waals surface area (Å²) in [5, 5.41) is 3.35. The van der Waals surface area contributed by atoms with Crippen molar-refractivity contribution >= 4 is 17.7 Å². The SMILES string of the molecule is CCOC(=O)CN1C(=O)[C@@H](CCc2ccc3c(n2)NCCC3)C[C@H]1C. The van der Waals surface area contributed by atoms with E-state index in [2.05, 4.69) is 17.4 Å². The van der Waals surface area contributed by atoms with Gasteiger partial charge in [-0.1, -0.05) is 6.07 Å². The molecule has 3 heterocycles. The molecular weight excluding hydrogens is 318 g/mol. The Kier molecular flexibility index (Phi) is 5.56. The van der Waals surface area contributed by atoms with E-state index in [0.29, 0.717) is 6.61 Å². The number of rotatable bonds is 6. The zero-order valence-electron chi connectivity index (χ0n) is 15.1. The number of amides is 1. The van der Waals surface area contributed by atoms with E-state index in [9.17, 15) is 9.59 Å². The normalized spacial score (nSPS) is 22.5. The fourth-order valence-electron chi connectivity index (χ4n) is 3.74. The number of nitrogens with one attached hydrogen (secondary N) is 1. The van der Waals surface area contributed by atoms with Crippen LogP contribution in [0.2, 0.25) is 0 Å². The van der Waals surface area contributed by atoms with Gasteiger partial charge in [0.25, 0.3) is 0 Å². The molecule has 25 heavy (non-hydrogen) atoms. The molecule has 0 spiro atoms. The number of aromatic nitrogens is 1. The number of likely N-dealkylation sites (tertiary alicyclic amines) is 1. The lowest BCUT2D eigenvalue weighted by molar-refractivity contribution is -0.149. The van der Waals surface area contributed by atoms with Crippen molar-refractivity contribution < 1.29 is 14.3 Å². The van der Waals surface area contributed by atoms with Gasteiger partial charge >= 0.3 is 5.97 Å². The van der Waals surface area contributed by atoms with Crippen molar-refractivity contribution in [3.8, 4) is 0 Å². The summed E-state index contributed by atoms with van der Waals surface area (Å²) >= 11 is 0. The van der Waals surface area contributed by atoms with Gasteiger partial charge in [-0.05, 0) is 57.6 Å². The first kappa shape index (κ1) is 17.7. The van der Waals surface area contributed by atoms with Gasteiger partial charge in [0.1, 0.15) is 12.4 Å². The van der Waals surface area contributed by atoms with Crippen LogP contribution in [-0.4, -0.2) is 47.5 Å². The molecule has 2 aliphatic heterocycles. The maximum atomic E-state index is 12.6. The van der Waals surface area contributed by atoms with Gasteiger partial charge in [-0.15, -0.1) is 0 Å². The van der Waals surface area contributed by atoms with Crippen molar-refractivity contribution in [3.63, 3.8) is 0 Å².